The van der Waals surface area contributed by atoms with Crippen LogP contribution in [0.4, 0.5) is 5.82 Å². The Kier molecular flexibility index (Phi) is 3.77. The minimum absolute atomic E-state index is 0.248. The maximum atomic E-state index is 11.2. The molecule has 2 aromatic heterocycles. The lowest BCUT2D eigenvalue weighted by atomic mass is 10.4. The van der Waals surface area contributed by atoms with Crippen LogP contribution in [-0.4, -0.2) is 32.7 Å². The van der Waals surface area contributed by atoms with Gasteiger partial charge >= 0.3 is 5.82 Å². The molecular weight excluding hydrogens is 310 g/mol. The fourth-order valence-corrected chi connectivity index (χ4v) is 2.57. The molecule has 0 aliphatic carbocycles. The Morgan fingerprint density at radius 1 is 1.50 bits per heavy atom. The average Bonchev–Trinajstić information content (AvgIpc) is 2.91. The first-order chi connectivity index (χ1) is 9.29. The number of rotatable bonds is 5. The van der Waals surface area contributed by atoms with Crippen molar-refractivity contribution in [3.05, 3.63) is 34.5 Å². The van der Waals surface area contributed by atoms with E-state index in [0.717, 1.165) is 12.0 Å². The van der Waals surface area contributed by atoms with E-state index < -0.39 is 24.7 Å². The van der Waals surface area contributed by atoms with Gasteiger partial charge in [0.1, 0.15) is 5.82 Å². The van der Waals surface area contributed by atoms with Gasteiger partial charge in [0.2, 0.25) is 4.90 Å². The predicted octanol–water partition coefficient (Wildman–Crippen LogP) is 0.695. The Labute approximate surface area is 118 Å². The highest BCUT2D eigenvalue weighted by Crippen LogP contribution is 2.24. The highest BCUT2D eigenvalue weighted by Gasteiger charge is 2.29. The maximum Gasteiger partial charge on any atom is 0.410 e. The summed E-state index contributed by atoms with van der Waals surface area (Å²) in [5.41, 5.74) is 0. The molecular formula is C9H10ClN5O4S. The van der Waals surface area contributed by atoms with Gasteiger partial charge in [-0.05, 0) is 4.92 Å². The number of hydrogen-bond acceptors (Lipinski definition) is 6. The zero-order chi connectivity index (χ0) is 14.9. The number of imidazole rings is 1. The van der Waals surface area contributed by atoms with Crippen molar-refractivity contribution in [1.29, 1.82) is 0 Å². The van der Waals surface area contributed by atoms with Crippen molar-refractivity contribution in [1.82, 2.24) is 19.3 Å². The molecule has 0 radical (unpaired) electrons. The molecule has 0 unspecified atom stereocenters. The normalized spacial score (nSPS) is 11.7. The first-order valence-corrected chi connectivity index (χ1v) is 7.72. The fourth-order valence-electron chi connectivity index (χ4n) is 1.66. The van der Waals surface area contributed by atoms with Gasteiger partial charge in [0.05, 0.1) is 17.8 Å². The molecule has 0 aliphatic heterocycles. The number of hydrogen-bond donors (Lipinski definition) is 0. The number of aryl methyl sites for hydroxylation is 3. The van der Waals surface area contributed by atoms with Crippen molar-refractivity contribution in [2.24, 2.45) is 7.05 Å². The van der Waals surface area contributed by atoms with Crippen LogP contribution < -0.4 is 0 Å². The summed E-state index contributed by atoms with van der Waals surface area (Å²) in [4.78, 5) is 13.4. The van der Waals surface area contributed by atoms with Crippen LogP contribution in [0.3, 0.4) is 0 Å². The molecule has 2 rings (SSSR count). The smallest absolute Gasteiger partial charge is 0.358 e. The van der Waals surface area contributed by atoms with Crippen LogP contribution in [0.1, 0.15) is 5.82 Å². The molecule has 2 heterocycles. The van der Waals surface area contributed by atoms with Crippen LogP contribution >= 0.6 is 10.7 Å². The number of nitrogens with zero attached hydrogens (tertiary/aromatic N) is 5. The molecule has 0 aliphatic rings. The van der Waals surface area contributed by atoms with E-state index in [1.165, 1.54) is 4.68 Å². The summed E-state index contributed by atoms with van der Waals surface area (Å²) in [5, 5.41) is 14.4. The predicted molar refractivity (Wildman–Crippen MR) is 68.8 cm³/mol. The zero-order valence-corrected chi connectivity index (χ0v) is 11.9. The monoisotopic (exact) mass is 319 g/mol. The van der Waals surface area contributed by atoms with E-state index in [4.69, 9.17) is 10.7 Å². The fraction of sp³-hybridized carbons (Fsp3) is 0.333. The molecule has 0 saturated heterocycles. The number of nitro groups is 1. The van der Waals surface area contributed by atoms with E-state index in [2.05, 4.69) is 10.1 Å². The summed E-state index contributed by atoms with van der Waals surface area (Å²) in [5.74, 6) is -0.0294. The molecule has 20 heavy (non-hydrogen) atoms. The van der Waals surface area contributed by atoms with E-state index in [1.807, 2.05) is 7.05 Å². The average molecular weight is 320 g/mol. The van der Waals surface area contributed by atoms with E-state index in [9.17, 15) is 18.5 Å². The lowest BCUT2D eigenvalue weighted by Crippen LogP contribution is -2.06. The highest BCUT2D eigenvalue weighted by atomic mass is 35.7. The Bertz CT molecular complexity index is 750. The van der Waals surface area contributed by atoms with E-state index in [-0.39, 0.29) is 6.54 Å². The third-order valence-electron chi connectivity index (χ3n) is 2.63. The molecule has 9 nitrogen and oxygen atoms in total. The SMILES string of the molecule is Cn1ccnc1CCn1cc(S(=O)(=O)Cl)c([N+](=O)[O-])n1. The van der Waals surface area contributed by atoms with Gasteiger partial charge in [-0.2, -0.15) is 4.68 Å². The summed E-state index contributed by atoms with van der Waals surface area (Å²) in [6.07, 6.45) is 4.87. The van der Waals surface area contributed by atoms with Crippen molar-refractivity contribution >= 4 is 25.6 Å². The Balaban J connectivity index is 2.26. The van der Waals surface area contributed by atoms with Gasteiger partial charge in [0.25, 0.3) is 9.05 Å². The van der Waals surface area contributed by atoms with Gasteiger partial charge in [0, 0.05) is 36.5 Å². The third-order valence-corrected chi connectivity index (χ3v) is 3.94. The summed E-state index contributed by atoms with van der Waals surface area (Å²) < 4.78 is 25.5. The van der Waals surface area contributed by atoms with Crippen LogP contribution in [0, 0.1) is 10.1 Å². The molecule has 11 heteroatoms. The summed E-state index contributed by atoms with van der Waals surface area (Å²) in [7, 11) is 2.74. The Hall–Kier alpha value is -1.94. The van der Waals surface area contributed by atoms with Crippen LogP contribution in [-0.2, 0) is 29.1 Å². The molecule has 0 bridgehead atoms. The van der Waals surface area contributed by atoms with Crippen molar-refractivity contribution < 1.29 is 13.3 Å². The largest absolute Gasteiger partial charge is 0.410 e. The van der Waals surface area contributed by atoms with Crippen molar-refractivity contribution in [3.63, 3.8) is 0 Å². The minimum Gasteiger partial charge on any atom is -0.358 e. The molecule has 0 atom stereocenters. The second-order valence-electron chi connectivity index (χ2n) is 3.98. The first kappa shape index (κ1) is 14.5. The second-order valence-corrected chi connectivity index (χ2v) is 6.51. The molecule has 0 saturated carbocycles. The zero-order valence-electron chi connectivity index (χ0n) is 10.3. The minimum atomic E-state index is -4.21. The molecule has 2 aromatic rings. The van der Waals surface area contributed by atoms with Gasteiger partial charge in [-0.1, -0.05) is 0 Å². The Morgan fingerprint density at radius 3 is 2.65 bits per heavy atom. The quantitative estimate of drug-likeness (QED) is 0.455. The lowest BCUT2D eigenvalue weighted by molar-refractivity contribution is -0.392. The van der Waals surface area contributed by atoms with Gasteiger partial charge in [-0.15, -0.1) is 0 Å². The van der Waals surface area contributed by atoms with Crippen LogP contribution in [0.15, 0.2) is 23.5 Å². The summed E-state index contributed by atoms with van der Waals surface area (Å²) in [6, 6.07) is 0. The molecule has 0 fully saturated rings. The lowest BCUT2D eigenvalue weighted by Gasteiger charge is -1.99. The van der Waals surface area contributed by atoms with Crippen LogP contribution in [0.25, 0.3) is 0 Å². The summed E-state index contributed by atoms with van der Waals surface area (Å²) >= 11 is 0. The molecule has 0 spiro atoms. The topological polar surface area (TPSA) is 113 Å². The number of aromatic nitrogens is 4. The molecule has 108 valence electrons. The Morgan fingerprint density at radius 2 is 2.20 bits per heavy atom. The van der Waals surface area contributed by atoms with Crippen molar-refractivity contribution in [2.75, 3.05) is 0 Å². The summed E-state index contributed by atoms with van der Waals surface area (Å²) in [6.45, 7) is 0.248. The third kappa shape index (κ3) is 2.96. The van der Waals surface area contributed by atoms with E-state index >= 15 is 0 Å². The number of halogens is 1. The molecule has 0 aromatic carbocycles. The molecule has 0 N–H and O–H groups in total. The molecule has 0 amide bonds. The van der Waals surface area contributed by atoms with Crippen LogP contribution in [0.2, 0.25) is 0 Å². The van der Waals surface area contributed by atoms with E-state index in [1.54, 1.807) is 17.0 Å². The van der Waals surface area contributed by atoms with Gasteiger partial charge in [-0.25, -0.2) is 13.4 Å². The second kappa shape index (κ2) is 5.21. The van der Waals surface area contributed by atoms with Crippen LogP contribution in [0.5, 0.6) is 0 Å². The van der Waals surface area contributed by atoms with Gasteiger partial charge in [-0.3, -0.25) is 0 Å². The van der Waals surface area contributed by atoms with Crippen molar-refractivity contribution in [3.8, 4) is 0 Å². The van der Waals surface area contributed by atoms with E-state index in [0.29, 0.717) is 6.42 Å². The first-order valence-electron chi connectivity index (χ1n) is 5.41. The highest BCUT2D eigenvalue weighted by molar-refractivity contribution is 8.13. The van der Waals surface area contributed by atoms with Gasteiger partial charge < -0.3 is 14.7 Å². The van der Waals surface area contributed by atoms with Gasteiger partial charge in [0.15, 0.2) is 0 Å². The van der Waals surface area contributed by atoms with Crippen molar-refractivity contribution in [2.45, 2.75) is 17.9 Å². The standard InChI is InChI=1S/C9H10ClN5O4S/c1-13-5-3-11-8(13)2-4-14-6-7(20(10,18)19)9(12-14)15(16)17/h3,5-6H,2,4H2,1H3. The maximum absolute atomic E-state index is 11.2.